The molecular formula is C20H27N3O5S2. The van der Waals surface area contributed by atoms with Gasteiger partial charge in [0.25, 0.3) is 0 Å². The number of aryl methyl sites for hydroxylation is 1. The van der Waals surface area contributed by atoms with Crippen molar-refractivity contribution in [1.82, 2.24) is 0 Å². The Bertz CT molecular complexity index is 1110. The number of benzene rings is 2. The quantitative estimate of drug-likeness (QED) is 0.662. The highest BCUT2D eigenvalue weighted by atomic mass is 32.2. The van der Waals surface area contributed by atoms with Crippen LogP contribution in [0.5, 0.6) is 0 Å². The second-order valence-electron chi connectivity index (χ2n) is 7.09. The van der Waals surface area contributed by atoms with Gasteiger partial charge in [-0.2, -0.15) is 0 Å². The van der Waals surface area contributed by atoms with Gasteiger partial charge in [0.05, 0.1) is 23.9 Å². The number of sulfonamides is 2. The molecule has 1 amide bonds. The van der Waals surface area contributed by atoms with Crippen molar-refractivity contribution in [2.75, 3.05) is 33.5 Å². The summed E-state index contributed by atoms with van der Waals surface area (Å²) < 4.78 is 50.7. The second-order valence-corrected chi connectivity index (χ2v) is 11.0. The van der Waals surface area contributed by atoms with Crippen LogP contribution in [0.15, 0.2) is 48.5 Å². The van der Waals surface area contributed by atoms with Crippen LogP contribution in [0.2, 0.25) is 0 Å². The highest BCUT2D eigenvalue weighted by Crippen LogP contribution is 2.25. The molecule has 0 saturated heterocycles. The predicted octanol–water partition coefficient (Wildman–Crippen LogP) is 2.57. The van der Waals surface area contributed by atoms with Gasteiger partial charge >= 0.3 is 0 Å². The van der Waals surface area contributed by atoms with Gasteiger partial charge < -0.3 is 5.32 Å². The molecule has 0 bridgehead atoms. The maximum atomic E-state index is 13.0. The van der Waals surface area contributed by atoms with E-state index in [9.17, 15) is 21.6 Å². The first-order chi connectivity index (χ1) is 13.8. The van der Waals surface area contributed by atoms with E-state index in [-0.39, 0.29) is 6.42 Å². The molecule has 1 atom stereocenters. The van der Waals surface area contributed by atoms with E-state index in [1.807, 2.05) is 6.92 Å². The van der Waals surface area contributed by atoms with Gasteiger partial charge in [0, 0.05) is 12.7 Å². The maximum Gasteiger partial charge on any atom is 0.248 e. The highest BCUT2D eigenvalue weighted by molar-refractivity contribution is 7.92. The number of nitrogens with one attached hydrogen (secondary N) is 1. The Kier molecular flexibility index (Phi) is 7.14. The summed E-state index contributed by atoms with van der Waals surface area (Å²) >= 11 is 0. The number of carbonyl (C=O) groups excluding carboxylic acids is 1. The van der Waals surface area contributed by atoms with E-state index in [1.54, 1.807) is 49.4 Å². The van der Waals surface area contributed by atoms with Crippen LogP contribution in [0.25, 0.3) is 0 Å². The molecular weight excluding hydrogens is 426 g/mol. The lowest BCUT2D eigenvalue weighted by atomic mass is 10.1. The average molecular weight is 454 g/mol. The number of hydrogen-bond acceptors (Lipinski definition) is 5. The molecule has 8 nitrogen and oxygen atoms in total. The molecule has 0 aliphatic carbocycles. The molecule has 0 aliphatic rings. The topological polar surface area (TPSA) is 104 Å². The SMILES string of the molecule is CC[C@@H](C(=O)Nc1cccc(N(C)S(C)(=O)=O)c1)N(c1ccc(C)cc1)S(C)(=O)=O. The van der Waals surface area contributed by atoms with Crippen molar-refractivity contribution in [3.63, 3.8) is 0 Å². The fourth-order valence-electron chi connectivity index (χ4n) is 2.95. The summed E-state index contributed by atoms with van der Waals surface area (Å²) in [6.45, 7) is 3.61. The summed E-state index contributed by atoms with van der Waals surface area (Å²) in [6, 6.07) is 12.3. The van der Waals surface area contributed by atoms with E-state index >= 15 is 0 Å². The van der Waals surface area contributed by atoms with Crippen LogP contribution in [-0.2, 0) is 24.8 Å². The Morgan fingerprint density at radius 3 is 2.07 bits per heavy atom. The van der Waals surface area contributed by atoms with E-state index in [1.165, 1.54) is 13.1 Å². The maximum absolute atomic E-state index is 13.0. The Hall–Kier alpha value is -2.59. The minimum absolute atomic E-state index is 0.246. The van der Waals surface area contributed by atoms with Crippen LogP contribution in [0, 0.1) is 6.92 Å². The number of hydrogen-bond donors (Lipinski definition) is 1. The van der Waals surface area contributed by atoms with Crippen LogP contribution in [0.3, 0.4) is 0 Å². The minimum atomic E-state index is -3.74. The van der Waals surface area contributed by atoms with Gasteiger partial charge in [-0.3, -0.25) is 13.4 Å². The van der Waals surface area contributed by atoms with Gasteiger partial charge in [0.2, 0.25) is 26.0 Å². The van der Waals surface area contributed by atoms with Crippen LogP contribution >= 0.6 is 0 Å². The van der Waals surface area contributed by atoms with E-state index in [0.29, 0.717) is 17.1 Å². The molecule has 2 aromatic rings. The number of nitrogens with zero attached hydrogens (tertiary/aromatic N) is 2. The molecule has 0 unspecified atom stereocenters. The number of amides is 1. The monoisotopic (exact) mass is 453 g/mol. The second kappa shape index (κ2) is 9.05. The summed E-state index contributed by atoms with van der Waals surface area (Å²) in [5.41, 5.74) is 2.11. The Morgan fingerprint density at radius 1 is 0.967 bits per heavy atom. The first-order valence-electron chi connectivity index (χ1n) is 9.25. The fraction of sp³-hybridized carbons (Fsp3) is 0.350. The van der Waals surface area contributed by atoms with Gasteiger partial charge in [-0.15, -0.1) is 0 Å². The zero-order valence-electron chi connectivity index (χ0n) is 17.7. The summed E-state index contributed by atoms with van der Waals surface area (Å²) in [5.74, 6) is -0.511. The molecule has 0 spiro atoms. The van der Waals surface area contributed by atoms with Crippen LogP contribution in [0.1, 0.15) is 18.9 Å². The van der Waals surface area contributed by atoms with Gasteiger partial charge in [0.15, 0.2) is 0 Å². The predicted molar refractivity (Wildman–Crippen MR) is 121 cm³/mol. The van der Waals surface area contributed by atoms with Crippen LogP contribution < -0.4 is 13.9 Å². The van der Waals surface area contributed by atoms with Crippen molar-refractivity contribution >= 4 is 43.0 Å². The molecule has 0 aromatic heterocycles. The molecule has 30 heavy (non-hydrogen) atoms. The van der Waals surface area contributed by atoms with Gasteiger partial charge in [-0.05, 0) is 43.7 Å². The fourth-order valence-corrected chi connectivity index (χ4v) is 4.66. The third-order valence-corrected chi connectivity index (χ3v) is 6.98. The zero-order chi connectivity index (χ0) is 22.7. The van der Waals surface area contributed by atoms with Gasteiger partial charge in [0.1, 0.15) is 6.04 Å². The van der Waals surface area contributed by atoms with Gasteiger partial charge in [-0.1, -0.05) is 30.7 Å². The molecule has 164 valence electrons. The van der Waals surface area contributed by atoms with E-state index in [4.69, 9.17) is 0 Å². The third-order valence-electron chi connectivity index (χ3n) is 4.59. The lowest BCUT2D eigenvalue weighted by molar-refractivity contribution is -0.117. The smallest absolute Gasteiger partial charge is 0.248 e. The standard InChI is InChI=1S/C20H27N3O5S2/c1-6-19(23(30(5,27)28)17-12-10-15(2)11-13-17)20(24)21-16-8-7-9-18(14-16)22(3)29(4,25)26/h7-14,19H,6H2,1-5H3,(H,21,24)/t19-/m0/s1. The number of anilines is 3. The van der Waals surface area contributed by atoms with Crippen LogP contribution in [-0.4, -0.2) is 48.3 Å². The van der Waals surface area contributed by atoms with E-state index in [2.05, 4.69) is 5.32 Å². The normalized spacial score (nSPS) is 12.8. The largest absolute Gasteiger partial charge is 0.324 e. The molecule has 0 fully saturated rings. The van der Waals surface area contributed by atoms with Crippen molar-refractivity contribution in [3.8, 4) is 0 Å². The summed E-state index contributed by atoms with van der Waals surface area (Å²) in [5, 5.41) is 2.71. The zero-order valence-corrected chi connectivity index (χ0v) is 19.3. The van der Waals surface area contributed by atoms with Crippen molar-refractivity contribution in [1.29, 1.82) is 0 Å². The molecule has 10 heteroatoms. The first-order valence-corrected chi connectivity index (χ1v) is 12.9. The third kappa shape index (κ3) is 5.73. The lowest BCUT2D eigenvalue weighted by Crippen LogP contribution is -2.47. The average Bonchev–Trinajstić information content (AvgIpc) is 2.64. The van der Waals surface area contributed by atoms with Crippen LogP contribution in [0.4, 0.5) is 17.1 Å². The summed E-state index contributed by atoms with van der Waals surface area (Å²) in [7, 11) is -5.79. The molecule has 1 N–H and O–H groups in total. The lowest BCUT2D eigenvalue weighted by Gasteiger charge is -2.30. The van der Waals surface area contributed by atoms with Gasteiger partial charge in [-0.25, -0.2) is 16.8 Å². The molecule has 0 radical (unpaired) electrons. The number of rotatable bonds is 8. The Balaban J connectivity index is 2.36. The molecule has 0 aliphatic heterocycles. The minimum Gasteiger partial charge on any atom is -0.324 e. The van der Waals surface area contributed by atoms with E-state index in [0.717, 1.165) is 26.7 Å². The Labute approximate surface area is 178 Å². The van der Waals surface area contributed by atoms with Crippen molar-refractivity contribution in [2.24, 2.45) is 0 Å². The summed E-state index contributed by atoms with van der Waals surface area (Å²) in [4.78, 5) is 13.0. The highest BCUT2D eigenvalue weighted by Gasteiger charge is 2.31. The molecule has 0 heterocycles. The van der Waals surface area contributed by atoms with Crippen molar-refractivity contribution < 1.29 is 21.6 Å². The first kappa shape index (κ1) is 23.7. The molecule has 2 aromatic carbocycles. The Morgan fingerprint density at radius 2 is 1.57 bits per heavy atom. The molecule has 2 rings (SSSR count). The number of carbonyl (C=O) groups is 1. The van der Waals surface area contributed by atoms with Crippen molar-refractivity contribution in [2.45, 2.75) is 26.3 Å². The van der Waals surface area contributed by atoms with E-state index < -0.39 is 32.0 Å². The molecule has 0 saturated carbocycles. The summed E-state index contributed by atoms with van der Waals surface area (Å²) in [6.07, 6.45) is 2.39. The van der Waals surface area contributed by atoms with Crippen molar-refractivity contribution in [3.05, 3.63) is 54.1 Å².